The molecule has 0 unspecified atom stereocenters. The fraction of sp³-hybridized carbons (Fsp3) is 0.208. The molecule has 7 nitrogen and oxygen atoms in total. The number of hydrogen-bond acceptors (Lipinski definition) is 5. The highest BCUT2D eigenvalue weighted by Crippen LogP contribution is 2.29. The Labute approximate surface area is 181 Å². The normalized spacial score (nSPS) is 10.4. The van der Waals surface area contributed by atoms with Crippen molar-refractivity contribution in [2.75, 3.05) is 14.2 Å². The fourth-order valence-corrected chi connectivity index (χ4v) is 3.07. The number of carbonyl (C=O) groups excluding carboxylic acids is 1. The van der Waals surface area contributed by atoms with Crippen molar-refractivity contribution < 1.29 is 19.2 Å². The number of non-ortho nitro benzene ring substituents is 1. The zero-order valence-electron chi connectivity index (χ0n) is 17.5. The number of likely N-dealkylation sites (N-methyl/N-ethyl adjacent to an activating group) is 1. The highest BCUT2D eigenvalue weighted by molar-refractivity contribution is 5.78. The summed E-state index contributed by atoms with van der Waals surface area (Å²) in [5.41, 5.74) is 2.70. The Morgan fingerprint density at radius 1 is 0.935 bits per heavy atom. The minimum atomic E-state index is -0.460. The van der Waals surface area contributed by atoms with Crippen LogP contribution in [0, 0.1) is 10.1 Å². The molecule has 31 heavy (non-hydrogen) atoms. The molecule has 0 N–H and O–H groups in total. The van der Waals surface area contributed by atoms with Crippen molar-refractivity contribution >= 4 is 11.6 Å². The van der Waals surface area contributed by atoms with Crippen molar-refractivity contribution in [3.8, 4) is 11.5 Å². The number of benzene rings is 3. The minimum absolute atomic E-state index is 0.00576. The molecule has 0 heterocycles. The van der Waals surface area contributed by atoms with Crippen LogP contribution in [-0.4, -0.2) is 29.9 Å². The van der Waals surface area contributed by atoms with Gasteiger partial charge in [0.25, 0.3) is 5.69 Å². The van der Waals surface area contributed by atoms with Crippen molar-refractivity contribution in [2.24, 2.45) is 0 Å². The van der Waals surface area contributed by atoms with Crippen LogP contribution in [0.15, 0.2) is 72.8 Å². The van der Waals surface area contributed by atoms with E-state index >= 15 is 0 Å². The molecule has 0 radical (unpaired) electrons. The van der Waals surface area contributed by atoms with E-state index in [2.05, 4.69) is 0 Å². The monoisotopic (exact) mass is 420 g/mol. The molecule has 0 aliphatic carbocycles. The number of methoxy groups -OCH3 is 1. The highest BCUT2D eigenvalue weighted by atomic mass is 16.6. The first-order valence-electron chi connectivity index (χ1n) is 9.77. The number of carbonyl (C=O) groups is 1. The van der Waals surface area contributed by atoms with Gasteiger partial charge in [0, 0.05) is 25.7 Å². The predicted octanol–water partition coefficient (Wildman–Crippen LogP) is 4.38. The fourth-order valence-electron chi connectivity index (χ4n) is 3.07. The lowest BCUT2D eigenvalue weighted by atomic mass is 10.1. The number of ether oxygens (including phenoxy) is 2. The molecule has 7 heteroatoms. The van der Waals surface area contributed by atoms with E-state index in [1.165, 1.54) is 12.1 Å². The third kappa shape index (κ3) is 6.05. The second kappa shape index (κ2) is 10.2. The molecular weight excluding hydrogens is 396 g/mol. The van der Waals surface area contributed by atoms with Crippen LogP contribution in [0.25, 0.3) is 0 Å². The van der Waals surface area contributed by atoms with Crippen LogP contribution in [0.4, 0.5) is 5.69 Å². The van der Waals surface area contributed by atoms with Crippen LogP contribution < -0.4 is 9.47 Å². The molecule has 160 valence electrons. The van der Waals surface area contributed by atoms with E-state index in [4.69, 9.17) is 9.47 Å². The molecule has 0 aliphatic heterocycles. The van der Waals surface area contributed by atoms with Crippen molar-refractivity contribution in [1.29, 1.82) is 0 Å². The van der Waals surface area contributed by atoms with Gasteiger partial charge in [-0.25, -0.2) is 0 Å². The Hall–Kier alpha value is -3.87. The number of amides is 1. The van der Waals surface area contributed by atoms with Crippen LogP contribution in [-0.2, 0) is 24.4 Å². The summed E-state index contributed by atoms with van der Waals surface area (Å²) in [4.78, 5) is 24.5. The van der Waals surface area contributed by atoms with Gasteiger partial charge < -0.3 is 14.4 Å². The predicted molar refractivity (Wildman–Crippen MR) is 117 cm³/mol. The molecule has 3 aromatic carbocycles. The van der Waals surface area contributed by atoms with Crippen LogP contribution in [0.1, 0.15) is 16.7 Å². The quantitative estimate of drug-likeness (QED) is 0.379. The van der Waals surface area contributed by atoms with E-state index in [1.54, 1.807) is 31.2 Å². The van der Waals surface area contributed by atoms with Crippen LogP contribution in [0.2, 0.25) is 0 Å². The van der Waals surface area contributed by atoms with E-state index in [1.807, 2.05) is 48.5 Å². The molecular formula is C24H24N2O5. The standard InChI is InChI=1S/C24H24N2O5/c1-25(24(27)15-18-8-11-21(12-9-18)26(28)29)16-20-10-13-22(23(14-20)30-2)31-17-19-6-4-3-5-7-19/h3-14H,15-17H2,1-2H3. The summed E-state index contributed by atoms with van der Waals surface area (Å²) in [5, 5.41) is 10.7. The lowest BCUT2D eigenvalue weighted by molar-refractivity contribution is -0.384. The first-order valence-corrected chi connectivity index (χ1v) is 9.77. The van der Waals surface area contributed by atoms with Crippen molar-refractivity contribution in [2.45, 2.75) is 19.6 Å². The molecule has 3 aromatic rings. The minimum Gasteiger partial charge on any atom is -0.493 e. The highest BCUT2D eigenvalue weighted by Gasteiger charge is 2.13. The zero-order valence-corrected chi connectivity index (χ0v) is 17.5. The first kappa shape index (κ1) is 21.8. The van der Waals surface area contributed by atoms with Crippen LogP contribution >= 0.6 is 0 Å². The second-order valence-electron chi connectivity index (χ2n) is 7.11. The van der Waals surface area contributed by atoms with E-state index < -0.39 is 4.92 Å². The lowest BCUT2D eigenvalue weighted by Gasteiger charge is -2.19. The maximum atomic E-state index is 12.6. The number of nitro benzene ring substituents is 1. The van der Waals surface area contributed by atoms with E-state index in [0.717, 1.165) is 16.7 Å². The largest absolute Gasteiger partial charge is 0.493 e. The van der Waals surface area contributed by atoms with Gasteiger partial charge >= 0.3 is 0 Å². The molecule has 0 bridgehead atoms. The molecule has 0 aromatic heterocycles. The Morgan fingerprint density at radius 3 is 2.26 bits per heavy atom. The molecule has 0 fully saturated rings. The molecule has 0 aliphatic rings. The van der Waals surface area contributed by atoms with Gasteiger partial charge in [-0.2, -0.15) is 0 Å². The smallest absolute Gasteiger partial charge is 0.269 e. The van der Waals surface area contributed by atoms with Gasteiger partial charge in [-0.3, -0.25) is 14.9 Å². The SMILES string of the molecule is COc1cc(CN(C)C(=O)Cc2ccc([N+](=O)[O-])cc2)ccc1OCc1ccccc1. The Balaban J connectivity index is 1.60. The Morgan fingerprint density at radius 2 is 1.61 bits per heavy atom. The number of rotatable bonds is 9. The first-order chi connectivity index (χ1) is 15.0. The average molecular weight is 420 g/mol. The lowest BCUT2D eigenvalue weighted by Crippen LogP contribution is -2.27. The van der Waals surface area contributed by atoms with Gasteiger partial charge in [0.2, 0.25) is 5.91 Å². The zero-order chi connectivity index (χ0) is 22.2. The summed E-state index contributed by atoms with van der Waals surface area (Å²) in [5.74, 6) is 1.15. The Kier molecular flexibility index (Phi) is 7.22. The van der Waals surface area contributed by atoms with E-state index in [-0.39, 0.29) is 18.0 Å². The summed E-state index contributed by atoms with van der Waals surface area (Å²) >= 11 is 0. The molecule has 0 atom stereocenters. The summed E-state index contributed by atoms with van der Waals surface area (Å²) < 4.78 is 11.3. The molecule has 3 rings (SSSR count). The van der Waals surface area contributed by atoms with Gasteiger partial charge in [-0.05, 0) is 28.8 Å². The second-order valence-corrected chi connectivity index (χ2v) is 7.11. The third-order valence-electron chi connectivity index (χ3n) is 4.81. The summed E-state index contributed by atoms with van der Waals surface area (Å²) in [6.07, 6.45) is 0.171. The topological polar surface area (TPSA) is 81.9 Å². The maximum Gasteiger partial charge on any atom is 0.269 e. The molecule has 0 saturated heterocycles. The Bertz CT molecular complexity index is 1040. The van der Waals surface area contributed by atoms with Crippen LogP contribution in [0.3, 0.4) is 0 Å². The van der Waals surface area contributed by atoms with E-state index in [0.29, 0.717) is 24.7 Å². The number of nitro groups is 1. The molecule has 0 saturated carbocycles. The van der Waals surface area contributed by atoms with Crippen LogP contribution in [0.5, 0.6) is 11.5 Å². The van der Waals surface area contributed by atoms with Gasteiger partial charge in [0.1, 0.15) is 6.61 Å². The van der Waals surface area contributed by atoms with Gasteiger partial charge in [-0.1, -0.05) is 48.5 Å². The third-order valence-corrected chi connectivity index (χ3v) is 4.81. The van der Waals surface area contributed by atoms with Crippen molar-refractivity contribution in [3.63, 3.8) is 0 Å². The summed E-state index contributed by atoms with van der Waals surface area (Å²) in [6, 6.07) is 21.5. The average Bonchev–Trinajstić information content (AvgIpc) is 2.79. The molecule has 1 amide bonds. The van der Waals surface area contributed by atoms with Crippen molar-refractivity contribution in [3.05, 3.63) is 99.6 Å². The van der Waals surface area contributed by atoms with Gasteiger partial charge in [-0.15, -0.1) is 0 Å². The van der Waals surface area contributed by atoms with Crippen molar-refractivity contribution in [1.82, 2.24) is 4.90 Å². The molecule has 0 spiro atoms. The maximum absolute atomic E-state index is 12.6. The number of hydrogen-bond donors (Lipinski definition) is 0. The van der Waals surface area contributed by atoms with Gasteiger partial charge in [0.15, 0.2) is 11.5 Å². The van der Waals surface area contributed by atoms with Gasteiger partial charge in [0.05, 0.1) is 18.5 Å². The summed E-state index contributed by atoms with van der Waals surface area (Å²) in [7, 11) is 3.30. The number of nitrogens with zero attached hydrogens (tertiary/aromatic N) is 2. The summed E-state index contributed by atoms with van der Waals surface area (Å²) in [6.45, 7) is 0.839. The van der Waals surface area contributed by atoms with E-state index in [9.17, 15) is 14.9 Å².